The number of hydrogen-bond acceptors (Lipinski definition) is 2. The van der Waals surface area contributed by atoms with Gasteiger partial charge in [-0.25, -0.2) is 0 Å². The SMILES string of the molecule is CC(CCCCN)NC(=O)C(F)(F)F. The molecule has 1 atom stereocenters. The Balaban J connectivity index is 3.72. The molecule has 0 fully saturated rings. The molecule has 0 rings (SSSR count). The first-order valence-corrected chi connectivity index (χ1v) is 4.45. The maximum absolute atomic E-state index is 11.8. The molecule has 0 aromatic carbocycles. The second-order valence-electron chi connectivity index (χ2n) is 3.16. The summed E-state index contributed by atoms with van der Waals surface area (Å²) in [6.45, 7) is 2.06. The number of nitrogens with two attached hydrogens (primary N) is 1. The first-order chi connectivity index (χ1) is 6.38. The molecule has 3 N–H and O–H groups in total. The second kappa shape index (κ2) is 5.85. The fourth-order valence-corrected chi connectivity index (χ4v) is 0.973. The number of amides is 1. The van der Waals surface area contributed by atoms with Crippen LogP contribution >= 0.6 is 0 Å². The van der Waals surface area contributed by atoms with Gasteiger partial charge in [0.05, 0.1) is 0 Å². The Hall–Kier alpha value is -0.780. The van der Waals surface area contributed by atoms with Crippen LogP contribution in [0.5, 0.6) is 0 Å². The van der Waals surface area contributed by atoms with Crippen molar-refractivity contribution in [3.8, 4) is 0 Å². The molecule has 0 aliphatic carbocycles. The third-order valence-corrected chi connectivity index (χ3v) is 1.73. The molecule has 0 radical (unpaired) electrons. The number of hydrogen-bond donors (Lipinski definition) is 2. The van der Waals surface area contributed by atoms with Crippen molar-refractivity contribution >= 4 is 5.91 Å². The molecule has 0 bridgehead atoms. The average Bonchev–Trinajstić information content (AvgIpc) is 2.03. The van der Waals surface area contributed by atoms with Gasteiger partial charge in [0.1, 0.15) is 0 Å². The van der Waals surface area contributed by atoms with Crippen molar-refractivity contribution in [2.45, 2.75) is 38.4 Å². The van der Waals surface area contributed by atoms with Gasteiger partial charge in [0.15, 0.2) is 0 Å². The highest BCUT2D eigenvalue weighted by molar-refractivity contribution is 5.81. The summed E-state index contributed by atoms with van der Waals surface area (Å²) in [4.78, 5) is 10.4. The van der Waals surface area contributed by atoms with Crippen molar-refractivity contribution in [3.05, 3.63) is 0 Å². The zero-order valence-electron chi connectivity index (χ0n) is 8.03. The Morgan fingerprint density at radius 3 is 2.43 bits per heavy atom. The molecule has 0 saturated heterocycles. The lowest BCUT2D eigenvalue weighted by atomic mass is 10.1. The zero-order valence-corrected chi connectivity index (χ0v) is 8.03. The third-order valence-electron chi connectivity index (χ3n) is 1.73. The summed E-state index contributed by atoms with van der Waals surface area (Å²) >= 11 is 0. The van der Waals surface area contributed by atoms with Crippen molar-refractivity contribution in [1.82, 2.24) is 5.32 Å². The Bertz CT molecular complexity index is 182. The highest BCUT2D eigenvalue weighted by Crippen LogP contribution is 2.15. The summed E-state index contributed by atoms with van der Waals surface area (Å²) in [5.74, 6) is -1.88. The standard InChI is InChI=1S/C8H15F3N2O/c1-6(4-2-3-5-12)13-7(14)8(9,10)11/h6H,2-5,12H2,1H3,(H,13,14). The molecule has 6 heteroatoms. The number of rotatable bonds is 5. The van der Waals surface area contributed by atoms with Gasteiger partial charge in [-0.05, 0) is 26.3 Å². The summed E-state index contributed by atoms with van der Waals surface area (Å²) in [6, 6.07) is -0.462. The summed E-state index contributed by atoms with van der Waals surface area (Å²) in [7, 11) is 0. The van der Waals surface area contributed by atoms with E-state index in [1.54, 1.807) is 6.92 Å². The first kappa shape index (κ1) is 13.2. The molecule has 0 aliphatic heterocycles. The van der Waals surface area contributed by atoms with Crippen LogP contribution < -0.4 is 11.1 Å². The van der Waals surface area contributed by atoms with E-state index in [1.807, 2.05) is 5.32 Å². The molecule has 14 heavy (non-hydrogen) atoms. The van der Waals surface area contributed by atoms with Gasteiger partial charge in [-0.2, -0.15) is 13.2 Å². The Morgan fingerprint density at radius 2 is 2.00 bits per heavy atom. The first-order valence-electron chi connectivity index (χ1n) is 4.45. The van der Waals surface area contributed by atoms with Gasteiger partial charge in [-0.1, -0.05) is 6.42 Å². The van der Waals surface area contributed by atoms with E-state index in [1.165, 1.54) is 0 Å². The van der Waals surface area contributed by atoms with E-state index in [2.05, 4.69) is 0 Å². The largest absolute Gasteiger partial charge is 0.471 e. The van der Waals surface area contributed by atoms with Crippen LogP contribution in [0.4, 0.5) is 13.2 Å². The van der Waals surface area contributed by atoms with E-state index in [4.69, 9.17) is 5.73 Å². The van der Waals surface area contributed by atoms with Crippen molar-refractivity contribution in [2.24, 2.45) is 5.73 Å². The van der Waals surface area contributed by atoms with Crippen LogP contribution in [-0.2, 0) is 4.79 Å². The summed E-state index contributed by atoms with van der Waals surface area (Å²) in [6.07, 6.45) is -2.80. The molecule has 1 unspecified atom stereocenters. The van der Waals surface area contributed by atoms with E-state index < -0.39 is 18.1 Å². The van der Waals surface area contributed by atoms with Crippen LogP contribution in [0.15, 0.2) is 0 Å². The minimum Gasteiger partial charge on any atom is -0.346 e. The number of carbonyl (C=O) groups is 1. The highest BCUT2D eigenvalue weighted by Gasteiger charge is 2.38. The smallest absolute Gasteiger partial charge is 0.346 e. The lowest BCUT2D eigenvalue weighted by Crippen LogP contribution is -2.41. The molecule has 84 valence electrons. The van der Waals surface area contributed by atoms with Gasteiger partial charge in [-0.3, -0.25) is 4.79 Å². The van der Waals surface area contributed by atoms with E-state index in [0.717, 1.165) is 12.8 Å². The van der Waals surface area contributed by atoms with Crippen LogP contribution in [0.2, 0.25) is 0 Å². The third kappa shape index (κ3) is 5.80. The Kier molecular flexibility index (Phi) is 5.52. The van der Waals surface area contributed by atoms with Crippen molar-refractivity contribution < 1.29 is 18.0 Å². The average molecular weight is 212 g/mol. The number of alkyl halides is 3. The van der Waals surface area contributed by atoms with Gasteiger partial charge in [0.25, 0.3) is 0 Å². The van der Waals surface area contributed by atoms with Crippen LogP contribution in [0.25, 0.3) is 0 Å². The van der Waals surface area contributed by atoms with Crippen LogP contribution in [0.1, 0.15) is 26.2 Å². The summed E-state index contributed by atoms with van der Waals surface area (Å²) in [5.41, 5.74) is 5.22. The van der Waals surface area contributed by atoms with Crippen LogP contribution in [0.3, 0.4) is 0 Å². The van der Waals surface area contributed by atoms with Crippen LogP contribution in [0, 0.1) is 0 Å². The number of nitrogens with one attached hydrogen (secondary N) is 1. The molecule has 0 spiro atoms. The Labute approximate surface area is 80.8 Å². The van der Waals surface area contributed by atoms with Gasteiger partial charge >= 0.3 is 12.1 Å². The second-order valence-corrected chi connectivity index (χ2v) is 3.16. The van der Waals surface area contributed by atoms with Crippen molar-refractivity contribution in [1.29, 1.82) is 0 Å². The Morgan fingerprint density at radius 1 is 1.43 bits per heavy atom. The van der Waals surface area contributed by atoms with Gasteiger partial charge in [-0.15, -0.1) is 0 Å². The molecule has 3 nitrogen and oxygen atoms in total. The molecule has 0 aromatic rings. The topological polar surface area (TPSA) is 55.1 Å². The summed E-state index contributed by atoms with van der Waals surface area (Å²) < 4.78 is 35.3. The van der Waals surface area contributed by atoms with E-state index >= 15 is 0 Å². The minimum absolute atomic E-state index is 0.462. The predicted molar refractivity (Wildman–Crippen MR) is 46.6 cm³/mol. The van der Waals surface area contributed by atoms with E-state index in [-0.39, 0.29) is 0 Å². The summed E-state index contributed by atoms with van der Waals surface area (Å²) in [5, 5.41) is 1.87. The maximum atomic E-state index is 11.8. The van der Waals surface area contributed by atoms with Crippen molar-refractivity contribution in [2.75, 3.05) is 6.54 Å². The molecule has 1 amide bonds. The number of carbonyl (C=O) groups excluding carboxylic acids is 1. The fourth-order valence-electron chi connectivity index (χ4n) is 0.973. The molecule has 0 heterocycles. The van der Waals surface area contributed by atoms with Crippen molar-refractivity contribution in [3.63, 3.8) is 0 Å². The fraction of sp³-hybridized carbons (Fsp3) is 0.875. The predicted octanol–water partition coefficient (Wildman–Crippen LogP) is 1.18. The van der Waals surface area contributed by atoms with E-state index in [0.29, 0.717) is 13.0 Å². The van der Waals surface area contributed by atoms with E-state index in [9.17, 15) is 18.0 Å². The minimum atomic E-state index is -4.79. The lowest BCUT2D eigenvalue weighted by molar-refractivity contribution is -0.174. The normalized spacial score (nSPS) is 13.8. The van der Waals surface area contributed by atoms with Gasteiger partial charge in [0, 0.05) is 6.04 Å². The molecular formula is C8H15F3N2O. The zero-order chi connectivity index (χ0) is 11.2. The molecule has 0 aliphatic rings. The van der Waals surface area contributed by atoms with Gasteiger partial charge < -0.3 is 11.1 Å². The molecular weight excluding hydrogens is 197 g/mol. The molecule has 0 saturated carbocycles. The van der Waals surface area contributed by atoms with Gasteiger partial charge in [0.2, 0.25) is 0 Å². The monoisotopic (exact) mass is 212 g/mol. The number of halogens is 3. The van der Waals surface area contributed by atoms with Crippen LogP contribution in [-0.4, -0.2) is 24.7 Å². The number of unbranched alkanes of at least 4 members (excludes halogenated alkanes) is 1. The molecule has 0 aromatic heterocycles. The highest BCUT2D eigenvalue weighted by atomic mass is 19.4. The maximum Gasteiger partial charge on any atom is 0.471 e. The lowest BCUT2D eigenvalue weighted by Gasteiger charge is -2.14. The quantitative estimate of drug-likeness (QED) is 0.672.